The molecule has 3 aromatic rings. The Morgan fingerprint density at radius 3 is 2.62 bits per heavy atom. The number of sulfonamides is 1. The van der Waals surface area contributed by atoms with Crippen molar-refractivity contribution in [2.24, 2.45) is 5.92 Å². The molecule has 1 fully saturated rings. The zero-order valence-corrected chi connectivity index (χ0v) is 19.8. The van der Waals surface area contributed by atoms with E-state index in [0.717, 1.165) is 42.9 Å². The summed E-state index contributed by atoms with van der Waals surface area (Å²) >= 11 is 0. The van der Waals surface area contributed by atoms with E-state index < -0.39 is 10.0 Å². The molecule has 1 aromatic heterocycles. The first kappa shape index (κ1) is 22.6. The van der Waals surface area contributed by atoms with Crippen molar-refractivity contribution in [3.05, 3.63) is 58.5 Å². The van der Waals surface area contributed by atoms with Crippen LogP contribution in [-0.2, 0) is 23.0 Å². The number of rotatable bonds is 8. The minimum atomic E-state index is -3.75. The summed E-state index contributed by atoms with van der Waals surface area (Å²) in [6, 6.07) is 11.4. The molecule has 0 atom stereocenters. The molecule has 0 amide bonds. The topological polar surface area (TPSA) is 108 Å². The molecule has 2 heterocycles. The summed E-state index contributed by atoms with van der Waals surface area (Å²) in [6.07, 6.45) is 8.91. The molecule has 1 saturated carbocycles. The predicted octanol–water partition coefficient (Wildman–Crippen LogP) is 3.53. The first-order chi connectivity index (χ1) is 16.5. The zero-order valence-electron chi connectivity index (χ0n) is 19.0. The second kappa shape index (κ2) is 9.61. The largest absolute Gasteiger partial charge is 0.493 e. The van der Waals surface area contributed by atoms with Crippen LogP contribution in [0.5, 0.6) is 5.75 Å². The van der Waals surface area contributed by atoms with Crippen molar-refractivity contribution in [1.82, 2.24) is 19.8 Å². The van der Waals surface area contributed by atoms with Gasteiger partial charge in [-0.05, 0) is 90.1 Å². The van der Waals surface area contributed by atoms with Crippen LogP contribution in [0, 0.1) is 5.92 Å². The molecule has 1 aliphatic heterocycles. The van der Waals surface area contributed by atoms with Crippen LogP contribution in [0.4, 0.5) is 5.69 Å². The van der Waals surface area contributed by atoms with Gasteiger partial charge in [-0.2, -0.15) is 9.36 Å². The van der Waals surface area contributed by atoms with Crippen LogP contribution in [0.2, 0.25) is 0 Å². The number of fused-ring (bicyclic) bond motifs is 1. The van der Waals surface area contributed by atoms with Crippen molar-refractivity contribution >= 4 is 15.7 Å². The Kier molecular flexibility index (Phi) is 6.40. The lowest BCUT2D eigenvalue weighted by atomic mass is 10.0. The van der Waals surface area contributed by atoms with Crippen molar-refractivity contribution in [2.45, 2.75) is 62.8 Å². The first-order valence-corrected chi connectivity index (χ1v) is 13.4. The fraction of sp³-hybridized carbons (Fsp3) is 0.458. The monoisotopic (exact) mass is 483 g/mol. The Bertz CT molecular complexity index is 1310. The highest BCUT2D eigenvalue weighted by atomic mass is 32.2. The second-order valence-corrected chi connectivity index (χ2v) is 10.7. The van der Waals surface area contributed by atoms with Crippen molar-refractivity contribution in [3.8, 4) is 11.4 Å². The standard InChI is InChI=1S/C24H29N5O4S/c30-24-28(15-3-7-18-5-1-2-6-18)26-27-29(24)21-11-9-20(10-12-21)25-34(31,32)22-13-14-23-19(17-22)8-4-16-33-23/h9-14,17-18,25H,1-8,15-16H2. The average molecular weight is 484 g/mol. The van der Waals surface area contributed by atoms with E-state index in [2.05, 4.69) is 15.1 Å². The van der Waals surface area contributed by atoms with Crippen molar-refractivity contribution in [2.75, 3.05) is 11.3 Å². The molecule has 0 unspecified atom stereocenters. The third kappa shape index (κ3) is 4.86. The SMILES string of the molecule is O=c1n(CCCC2CCCC2)nnn1-c1ccc(NS(=O)(=O)c2ccc3c(c2)CCCO3)cc1. The molecule has 34 heavy (non-hydrogen) atoms. The molecular weight excluding hydrogens is 454 g/mol. The van der Waals surface area contributed by atoms with Gasteiger partial charge in [0.1, 0.15) is 5.75 Å². The summed E-state index contributed by atoms with van der Waals surface area (Å²) in [4.78, 5) is 12.9. The van der Waals surface area contributed by atoms with Crippen LogP contribution in [0.25, 0.3) is 5.69 Å². The third-order valence-corrected chi connectivity index (χ3v) is 8.03. The van der Waals surface area contributed by atoms with Crippen molar-refractivity contribution in [3.63, 3.8) is 0 Å². The van der Waals surface area contributed by atoms with E-state index in [1.807, 2.05) is 0 Å². The minimum absolute atomic E-state index is 0.192. The molecular formula is C24H29N5O4S. The van der Waals surface area contributed by atoms with Gasteiger partial charge in [-0.25, -0.2) is 13.2 Å². The smallest absolute Gasteiger partial charge is 0.368 e. The molecule has 5 rings (SSSR count). The predicted molar refractivity (Wildman–Crippen MR) is 128 cm³/mol. The zero-order chi connectivity index (χ0) is 23.5. The Morgan fingerprint density at radius 2 is 1.82 bits per heavy atom. The molecule has 9 nitrogen and oxygen atoms in total. The van der Waals surface area contributed by atoms with Gasteiger partial charge >= 0.3 is 5.69 Å². The molecule has 2 aliphatic rings. The van der Waals surface area contributed by atoms with Crippen LogP contribution in [0.3, 0.4) is 0 Å². The Balaban J connectivity index is 1.25. The maximum absolute atomic E-state index is 12.9. The van der Waals surface area contributed by atoms with Crippen LogP contribution >= 0.6 is 0 Å². The number of hydrogen-bond donors (Lipinski definition) is 1. The summed E-state index contributed by atoms with van der Waals surface area (Å²) in [5.41, 5.74) is 1.53. The van der Waals surface area contributed by atoms with Gasteiger partial charge in [-0.15, -0.1) is 0 Å². The Morgan fingerprint density at radius 1 is 1.03 bits per heavy atom. The molecule has 1 aliphatic carbocycles. The van der Waals surface area contributed by atoms with Gasteiger partial charge in [0.05, 0.1) is 17.2 Å². The van der Waals surface area contributed by atoms with Crippen LogP contribution in [0.15, 0.2) is 52.2 Å². The van der Waals surface area contributed by atoms with Crippen LogP contribution < -0.4 is 15.1 Å². The Labute approximate surface area is 198 Å². The molecule has 2 aromatic carbocycles. The highest BCUT2D eigenvalue weighted by Gasteiger charge is 2.19. The highest BCUT2D eigenvalue weighted by Crippen LogP contribution is 2.29. The quantitative estimate of drug-likeness (QED) is 0.525. The molecule has 0 bridgehead atoms. The molecule has 1 N–H and O–H groups in total. The second-order valence-electron chi connectivity index (χ2n) is 9.06. The van der Waals surface area contributed by atoms with Gasteiger partial charge in [0.25, 0.3) is 10.0 Å². The van der Waals surface area contributed by atoms with Crippen molar-refractivity contribution in [1.29, 1.82) is 0 Å². The number of ether oxygens (including phenoxy) is 1. The lowest BCUT2D eigenvalue weighted by Gasteiger charge is -2.18. The van der Waals surface area contributed by atoms with E-state index in [-0.39, 0.29) is 10.6 Å². The van der Waals surface area contributed by atoms with E-state index in [1.54, 1.807) is 42.5 Å². The van der Waals surface area contributed by atoms with Gasteiger partial charge in [0, 0.05) is 12.2 Å². The molecule has 0 radical (unpaired) electrons. The number of aromatic nitrogens is 4. The third-order valence-electron chi connectivity index (χ3n) is 6.65. The molecule has 10 heteroatoms. The van der Waals surface area contributed by atoms with E-state index in [4.69, 9.17) is 4.74 Å². The fourth-order valence-electron chi connectivity index (χ4n) is 4.79. The maximum Gasteiger partial charge on any atom is 0.368 e. The summed E-state index contributed by atoms with van der Waals surface area (Å²) in [5.74, 6) is 1.52. The maximum atomic E-state index is 12.9. The minimum Gasteiger partial charge on any atom is -0.493 e. The molecule has 180 valence electrons. The Hall–Kier alpha value is -3.14. The number of tetrazole rings is 1. The molecule has 0 spiro atoms. The van der Waals surface area contributed by atoms with Crippen LogP contribution in [-0.4, -0.2) is 34.8 Å². The van der Waals surface area contributed by atoms with E-state index in [9.17, 15) is 13.2 Å². The van der Waals surface area contributed by atoms with Gasteiger partial charge in [0.2, 0.25) is 0 Å². The average Bonchev–Trinajstić information content (AvgIpc) is 3.49. The lowest BCUT2D eigenvalue weighted by Crippen LogP contribution is -2.24. The van der Waals surface area contributed by atoms with Crippen LogP contribution in [0.1, 0.15) is 50.5 Å². The number of hydrogen-bond acceptors (Lipinski definition) is 6. The fourth-order valence-corrected chi connectivity index (χ4v) is 5.90. The number of benzene rings is 2. The van der Waals surface area contributed by atoms with Gasteiger partial charge in [-0.1, -0.05) is 25.7 Å². The van der Waals surface area contributed by atoms with E-state index in [0.29, 0.717) is 24.5 Å². The van der Waals surface area contributed by atoms with Gasteiger partial charge in [-0.3, -0.25) is 4.72 Å². The number of nitrogens with zero attached hydrogens (tertiary/aromatic N) is 4. The highest BCUT2D eigenvalue weighted by molar-refractivity contribution is 7.92. The summed E-state index contributed by atoms with van der Waals surface area (Å²) in [7, 11) is -3.75. The van der Waals surface area contributed by atoms with Crippen molar-refractivity contribution < 1.29 is 13.2 Å². The molecule has 0 saturated heterocycles. The van der Waals surface area contributed by atoms with E-state index >= 15 is 0 Å². The van der Waals surface area contributed by atoms with Gasteiger partial charge < -0.3 is 4.74 Å². The first-order valence-electron chi connectivity index (χ1n) is 11.9. The number of aryl methyl sites for hydroxylation is 2. The van der Waals surface area contributed by atoms with Gasteiger partial charge in [0.15, 0.2) is 0 Å². The summed E-state index contributed by atoms with van der Waals surface area (Å²) in [5, 5.41) is 8.00. The number of nitrogens with one attached hydrogen (secondary N) is 1. The summed E-state index contributed by atoms with van der Waals surface area (Å²) in [6.45, 7) is 1.21. The lowest BCUT2D eigenvalue weighted by molar-refractivity contribution is 0.288. The van der Waals surface area contributed by atoms with E-state index in [1.165, 1.54) is 35.0 Å². The summed E-state index contributed by atoms with van der Waals surface area (Å²) < 4.78 is 36.5. The normalized spacial score (nSPS) is 16.2. The number of anilines is 1.